The molecule has 0 saturated heterocycles. The average molecular weight is 374 g/mol. The third-order valence-electron chi connectivity index (χ3n) is 4.33. The monoisotopic (exact) mass is 374 g/mol. The number of hydrogen-bond acceptors (Lipinski definition) is 4. The molecule has 9 heteroatoms. The van der Waals surface area contributed by atoms with Crippen LogP contribution in [0.15, 0.2) is 33.6 Å². The molecule has 25 heavy (non-hydrogen) atoms. The number of sulfonamides is 1. The van der Waals surface area contributed by atoms with Gasteiger partial charge in [0.1, 0.15) is 0 Å². The van der Waals surface area contributed by atoms with Crippen molar-refractivity contribution in [3.05, 3.63) is 35.9 Å². The number of primary sulfonamides is 1. The number of rotatable bonds is 3. The quantitative estimate of drug-likeness (QED) is 0.878. The summed E-state index contributed by atoms with van der Waals surface area (Å²) in [5.41, 5.74) is 0.631. The molecule has 0 amide bonds. The molecule has 1 aromatic carbocycles. The van der Waals surface area contributed by atoms with Gasteiger partial charge in [0.25, 0.3) is 0 Å². The van der Waals surface area contributed by atoms with Crippen LogP contribution in [0.25, 0.3) is 11.3 Å². The number of aromatic nitrogens is 1. The number of oxazole rings is 1. The summed E-state index contributed by atoms with van der Waals surface area (Å²) >= 11 is 0. The van der Waals surface area contributed by atoms with E-state index < -0.39 is 22.1 Å². The highest BCUT2D eigenvalue weighted by molar-refractivity contribution is 7.89. The zero-order chi connectivity index (χ0) is 18.2. The standard InChI is InChI=1S/C16H17F3N2O3S/c17-16(18,19)15-21-13(10-4-2-1-3-5-10)14(24-15)11-6-8-12(9-7-11)25(20,22)23/h6-10H,1-5H2,(H2,20,22,23). The van der Waals surface area contributed by atoms with Crippen LogP contribution in [0.4, 0.5) is 13.2 Å². The van der Waals surface area contributed by atoms with Crippen LogP contribution >= 0.6 is 0 Å². The molecule has 136 valence electrons. The van der Waals surface area contributed by atoms with Crippen molar-refractivity contribution in [1.82, 2.24) is 4.98 Å². The lowest BCUT2D eigenvalue weighted by atomic mass is 9.85. The third-order valence-corrected chi connectivity index (χ3v) is 5.26. The van der Waals surface area contributed by atoms with Gasteiger partial charge >= 0.3 is 12.1 Å². The Morgan fingerprint density at radius 1 is 1.08 bits per heavy atom. The summed E-state index contributed by atoms with van der Waals surface area (Å²) < 4.78 is 66.8. The zero-order valence-electron chi connectivity index (χ0n) is 13.2. The second kappa shape index (κ2) is 6.45. The smallest absolute Gasteiger partial charge is 0.433 e. The van der Waals surface area contributed by atoms with Crippen LogP contribution in [0, 0.1) is 0 Å². The Morgan fingerprint density at radius 3 is 2.20 bits per heavy atom. The van der Waals surface area contributed by atoms with Crippen molar-refractivity contribution in [1.29, 1.82) is 0 Å². The fourth-order valence-electron chi connectivity index (χ4n) is 3.11. The van der Waals surface area contributed by atoms with Gasteiger partial charge in [-0.2, -0.15) is 13.2 Å². The van der Waals surface area contributed by atoms with E-state index >= 15 is 0 Å². The maximum Gasteiger partial charge on any atom is 0.468 e. The van der Waals surface area contributed by atoms with Crippen LogP contribution in [-0.2, 0) is 16.2 Å². The van der Waals surface area contributed by atoms with Crippen LogP contribution < -0.4 is 5.14 Å². The Bertz CT molecular complexity index is 852. The first-order valence-electron chi connectivity index (χ1n) is 7.87. The van der Waals surface area contributed by atoms with Crippen molar-refractivity contribution in [2.45, 2.75) is 49.1 Å². The average Bonchev–Trinajstić information content (AvgIpc) is 3.00. The Hall–Kier alpha value is -1.87. The molecule has 1 aromatic heterocycles. The van der Waals surface area contributed by atoms with Gasteiger partial charge in [-0.25, -0.2) is 18.5 Å². The van der Waals surface area contributed by atoms with E-state index in [2.05, 4.69) is 4.98 Å². The molecule has 0 radical (unpaired) electrons. The molecule has 1 aliphatic rings. The number of hydrogen-bond donors (Lipinski definition) is 1. The molecule has 5 nitrogen and oxygen atoms in total. The number of halogens is 3. The van der Waals surface area contributed by atoms with Gasteiger partial charge in [-0.3, -0.25) is 0 Å². The lowest BCUT2D eigenvalue weighted by Crippen LogP contribution is -2.11. The fraction of sp³-hybridized carbons (Fsp3) is 0.438. The van der Waals surface area contributed by atoms with Gasteiger partial charge in [0, 0.05) is 11.5 Å². The van der Waals surface area contributed by atoms with Gasteiger partial charge in [0.05, 0.1) is 10.6 Å². The maximum atomic E-state index is 13.0. The Labute approximate surface area is 143 Å². The summed E-state index contributed by atoms with van der Waals surface area (Å²) in [6, 6.07) is 5.25. The number of alkyl halides is 3. The van der Waals surface area contributed by atoms with E-state index in [0.29, 0.717) is 5.56 Å². The molecular formula is C16H17F3N2O3S. The van der Waals surface area contributed by atoms with Gasteiger partial charge in [0.2, 0.25) is 10.0 Å². The largest absolute Gasteiger partial charge is 0.468 e. The van der Waals surface area contributed by atoms with Gasteiger partial charge in [-0.05, 0) is 37.1 Å². The van der Waals surface area contributed by atoms with E-state index in [1.807, 2.05) is 0 Å². The Kier molecular flexibility index (Phi) is 4.63. The molecule has 1 fully saturated rings. The highest BCUT2D eigenvalue weighted by Gasteiger charge is 2.40. The summed E-state index contributed by atoms with van der Waals surface area (Å²) in [4.78, 5) is 3.60. The summed E-state index contributed by atoms with van der Waals surface area (Å²) in [7, 11) is -3.88. The molecule has 0 spiro atoms. The van der Waals surface area contributed by atoms with Gasteiger partial charge < -0.3 is 4.42 Å². The molecule has 2 aromatic rings. The van der Waals surface area contributed by atoms with Crippen molar-refractivity contribution >= 4 is 10.0 Å². The number of nitrogens with two attached hydrogens (primary N) is 1. The maximum absolute atomic E-state index is 13.0. The number of nitrogens with zero attached hydrogens (tertiary/aromatic N) is 1. The minimum Gasteiger partial charge on any atom is -0.433 e. The van der Waals surface area contributed by atoms with Gasteiger partial charge in [0.15, 0.2) is 5.76 Å². The molecule has 0 unspecified atom stereocenters. The van der Waals surface area contributed by atoms with Crippen molar-refractivity contribution in [2.24, 2.45) is 5.14 Å². The molecule has 0 atom stereocenters. The SMILES string of the molecule is NS(=O)(=O)c1ccc(-c2oc(C(F)(F)F)nc2C2CCCCC2)cc1. The van der Waals surface area contributed by atoms with Crippen molar-refractivity contribution in [3.63, 3.8) is 0 Å². The summed E-state index contributed by atoms with van der Waals surface area (Å²) in [5, 5.41) is 5.04. The predicted octanol–water partition coefficient (Wildman–Crippen LogP) is 4.06. The summed E-state index contributed by atoms with van der Waals surface area (Å²) in [6.45, 7) is 0. The van der Waals surface area contributed by atoms with Crippen molar-refractivity contribution in [3.8, 4) is 11.3 Å². The second-order valence-corrected chi connectivity index (χ2v) is 7.70. The van der Waals surface area contributed by atoms with E-state index in [9.17, 15) is 21.6 Å². The Balaban J connectivity index is 2.05. The van der Waals surface area contributed by atoms with Crippen LogP contribution in [-0.4, -0.2) is 13.4 Å². The van der Waals surface area contributed by atoms with Gasteiger partial charge in [-0.15, -0.1) is 0 Å². The van der Waals surface area contributed by atoms with Crippen molar-refractivity contribution in [2.75, 3.05) is 0 Å². The van der Waals surface area contributed by atoms with E-state index in [1.54, 1.807) is 0 Å². The molecule has 1 heterocycles. The molecule has 2 N–H and O–H groups in total. The Morgan fingerprint density at radius 2 is 1.68 bits per heavy atom. The lowest BCUT2D eigenvalue weighted by molar-refractivity contribution is -0.156. The zero-order valence-corrected chi connectivity index (χ0v) is 14.0. The third kappa shape index (κ3) is 3.87. The molecule has 1 saturated carbocycles. The summed E-state index contributed by atoms with van der Waals surface area (Å²) in [6.07, 6.45) is -0.245. The fourth-order valence-corrected chi connectivity index (χ4v) is 3.62. The minimum absolute atomic E-state index is 0.0418. The van der Waals surface area contributed by atoms with E-state index in [0.717, 1.165) is 32.1 Å². The minimum atomic E-state index is -4.68. The topological polar surface area (TPSA) is 86.2 Å². The lowest BCUT2D eigenvalue weighted by Gasteiger charge is -2.20. The first-order valence-corrected chi connectivity index (χ1v) is 9.42. The first-order chi connectivity index (χ1) is 11.7. The highest BCUT2D eigenvalue weighted by Crippen LogP contribution is 2.41. The van der Waals surface area contributed by atoms with Crippen LogP contribution in [0.5, 0.6) is 0 Å². The van der Waals surface area contributed by atoms with E-state index in [1.165, 1.54) is 24.3 Å². The highest BCUT2D eigenvalue weighted by atomic mass is 32.2. The van der Waals surface area contributed by atoms with Crippen LogP contribution in [0.1, 0.15) is 49.6 Å². The van der Waals surface area contributed by atoms with E-state index in [-0.39, 0.29) is 22.3 Å². The van der Waals surface area contributed by atoms with Crippen LogP contribution in [0.3, 0.4) is 0 Å². The van der Waals surface area contributed by atoms with Crippen molar-refractivity contribution < 1.29 is 26.0 Å². The molecular weight excluding hydrogens is 357 g/mol. The first kappa shape index (κ1) is 17.9. The molecule has 3 rings (SSSR count). The van der Waals surface area contributed by atoms with Crippen LogP contribution in [0.2, 0.25) is 0 Å². The number of benzene rings is 1. The summed E-state index contributed by atoms with van der Waals surface area (Å²) in [5.74, 6) is -1.33. The second-order valence-electron chi connectivity index (χ2n) is 6.14. The molecule has 1 aliphatic carbocycles. The van der Waals surface area contributed by atoms with Gasteiger partial charge in [-0.1, -0.05) is 19.3 Å². The normalized spacial score (nSPS) is 17.0. The molecule has 0 aliphatic heterocycles. The predicted molar refractivity (Wildman–Crippen MR) is 84.1 cm³/mol. The van der Waals surface area contributed by atoms with E-state index in [4.69, 9.17) is 9.56 Å². The molecule has 0 bridgehead atoms.